The zero-order valence-electron chi connectivity index (χ0n) is 6.53. The monoisotopic (exact) mass is 248 g/mol. The Labute approximate surface area is 83.7 Å². The van der Waals surface area contributed by atoms with Crippen molar-refractivity contribution in [2.75, 3.05) is 0 Å². The van der Waals surface area contributed by atoms with Gasteiger partial charge in [0, 0.05) is 4.47 Å². The van der Waals surface area contributed by atoms with Gasteiger partial charge in [-0.1, -0.05) is 28.3 Å². The number of hydrogen-bond acceptors (Lipinski definition) is 0. The first-order chi connectivity index (χ1) is 5.95. The molecule has 0 aliphatic carbocycles. The van der Waals surface area contributed by atoms with E-state index in [0.717, 1.165) is 6.07 Å². The van der Waals surface area contributed by atoms with Crippen molar-refractivity contribution in [2.24, 2.45) is 0 Å². The van der Waals surface area contributed by atoms with Crippen molar-refractivity contribution in [3.63, 3.8) is 0 Å². The predicted molar refractivity (Wildman–Crippen MR) is 48.6 cm³/mol. The van der Waals surface area contributed by atoms with Gasteiger partial charge in [0.15, 0.2) is 0 Å². The second kappa shape index (κ2) is 3.74. The van der Waals surface area contributed by atoms with Gasteiger partial charge in [-0.3, -0.25) is 0 Å². The van der Waals surface area contributed by atoms with Crippen molar-refractivity contribution in [3.05, 3.63) is 33.8 Å². The quantitative estimate of drug-likeness (QED) is 0.670. The molecular weight excluding hydrogens is 244 g/mol. The molecule has 13 heavy (non-hydrogen) atoms. The molecule has 0 bridgehead atoms. The van der Waals surface area contributed by atoms with Gasteiger partial charge in [-0.25, -0.2) is 0 Å². The largest absolute Gasteiger partial charge is 0.416 e. The molecule has 0 unspecified atom stereocenters. The van der Waals surface area contributed by atoms with E-state index in [4.69, 9.17) is 7.85 Å². The van der Waals surface area contributed by atoms with E-state index in [9.17, 15) is 13.2 Å². The van der Waals surface area contributed by atoms with Crippen molar-refractivity contribution in [1.29, 1.82) is 0 Å². The van der Waals surface area contributed by atoms with E-state index in [1.165, 1.54) is 12.1 Å². The van der Waals surface area contributed by atoms with E-state index in [0.29, 0.717) is 4.47 Å². The van der Waals surface area contributed by atoms with Gasteiger partial charge in [-0.2, -0.15) is 13.2 Å². The fraction of sp³-hybridized carbons (Fsp3) is 0.250. The smallest absolute Gasteiger partial charge is 0.166 e. The minimum Gasteiger partial charge on any atom is -0.166 e. The molecule has 1 aromatic rings. The lowest BCUT2D eigenvalue weighted by atomic mass is 9.93. The number of alkyl halides is 3. The van der Waals surface area contributed by atoms with Crippen LogP contribution in [-0.2, 0) is 12.5 Å². The highest BCUT2D eigenvalue weighted by molar-refractivity contribution is 9.10. The minimum atomic E-state index is -4.33. The van der Waals surface area contributed by atoms with Crippen LogP contribution in [0.5, 0.6) is 0 Å². The fourth-order valence-corrected chi connectivity index (χ4v) is 1.35. The summed E-state index contributed by atoms with van der Waals surface area (Å²) in [5, 5.41) is 0. The Kier molecular flexibility index (Phi) is 3.06. The van der Waals surface area contributed by atoms with Gasteiger partial charge in [-0.15, -0.1) is 0 Å². The molecule has 0 heterocycles. The number of benzene rings is 1. The Morgan fingerprint density at radius 1 is 1.31 bits per heavy atom. The Bertz CT molecular complexity index is 309. The Morgan fingerprint density at radius 3 is 2.38 bits per heavy atom. The molecule has 0 spiro atoms. The first-order valence-electron chi connectivity index (χ1n) is 3.51. The molecule has 0 aromatic heterocycles. The van der Waals surface area contributed by atoms with Gasteiger partial charge in [0.1, 0.15) is 0 Å². The SMILES string of the molecule is [B]Cc1ccc(Br)cc1C(F)(F)F. The van der Waals surface area contributed by atoms with Crippen LogP contribution in [-0.4, -0.2) is 7.85 Å². The summed E-state index contributed by atoms with van der Waals surface area (Å²) in [5.41, 5.74) is -0.569. The van der Waals surface area contributed by atoms with E-state index >= 15 is 0 Å². The normalized spacial score (nSPS) is 11.7. The third-order valence-electron chi connectivity index (χ3n) is 1.60. The minimum absolute atomic E-state index is 0.107. The molecule has 0 fully saturated rings. The molecule has 2 radical (unpaired) electrons. The lowest BCUT2D eigenvalue weighted by Crippen LogP contribution is -2.09. The second-order valence-electron chi connectivity index (χ2n) is 2.50. The van der Waals surface area contributed by atoms with Gasteiger partial charge < -0.3 is 0 Å². The molecule has 0 nitrogen and oxygen atoms in total. The van der Waals surface area contributed by atoms with Crippen LogP contribution in [0.15, 0.2) is 22.7 Å². The first-order valence-corrected chi connectivity index (χ1v) is 4.30. The summed E-state index contributed by atoms with van der Waals surface area (Å²) in [5.74, 6) is 0. The molecule has 1 rings (SSSR count). The molecule has 68 valence electrons. The molecule has 0 aliphatic heterocycles. The fourth-order valence-electron chi connectivity index (χ4n) is 0.991. The highest BCUT2D eigenvalue weighted by Gasteiger charge is 2.32. The summed E-state index contributed by atoms with van der Waals surface area (Å²) in [6.45, 7) is 0. The standard InChI is InChI=1S/C8H5BBrF3/c9-4-5-1-2-6(10)3-7(5)8(11,12)13/h1-3H,4H2. The Balaban J connectivity index is 3.24. The van der Waals surface area contributed by atoms with Crippen LogP contribution in [0.25, 0.3) is 0 Å². The Morgan fingerprint density at radius 2 is 1.92 bits per heavy atom. The number of halogens is 4. The number of rotatable bonds is 1. The van der Waals surface area contributed by atoms with Crippen molar-refractivity contribution in [3.8, 4) is 0 Å². The highest BCUT2D eigenvalue weighted by Crippen LogP contribution is 2.33. The van der Waals surface area contributed by atoms with Crippen LogP contribution in [0.3, 0.4) is 0 Å². The van der Waals surface area contributed by atoms with E-state index in [1.54, 1.807) is 0 Å². The molecule has 0 N–H and O–H groups in total. The van der Waals surface area contributed by atoms with Gasteiger partial charge in [0.2, 0.25) is 0 Å². The maximum atomic E-state index is 12.3. The van der Waals surface area contributed by atoms with Crippen LogP contribution in [0.1, 0.15) is 11.1 Å². The van der Waals surface area contributed by atoms with Gasteiger partial charge in [-0.05, 0) is 17.7 Å². The molecule has 0 atom stereocenters. The van der Waals surface area contributed by atoms with E-state index in [-0.39, 0.29) is 11.9 Å². The maximum Gasteiger partial charge on any atom is 0.416 e. The average molecular weight is 249 g/mol. The third kappa shape index (κ3) is 2.50. The van der Waals surface area contributed by atoms with Crippen molar-refractivity contribution >= 4 is 23.8 Å². The average Bonchev–Trinajstić information content (AvgIpc) is 2.03. The summed E-state index contributed by atoms with van der Waals surface area (Å²) >= 11 is 2.98. The third-order valence-corrected chi connectivity index (χ3v) is 2.09. The van der Waals surface area contributed by atoms with Crippen molar-refractivity contribution in [1.82, 2.24) is 0 Å². The summed E-state index contributed by atoms with van der Waals surface area (Å²) in [7, 11) is 5.18. The molecule has 0 amide bonds. The van der Waals surface area contributed by atoms with Gasteiger partial charge in [0.25, 0.3) is 0 Å². The molecule has 5 heteroatoms. The topological polar surface area (TPSA) is 0 Å². The van der Waals surface area contributed by atoms with Gasteiger partial charge in [0.05, 0.1) is 13.4 Å². The van der Waals surface area contributed by atoms with Crippen LogP contribution in [0.4, 0.5) is 13.2 Å². The van der Waals surface area contributed by atoms with Crippen molar-refractivity contribution in [2.45, 2.75) is 12.5 Å². The van der Waals surface area contributed by atoms with Crippen LogP contribution < -0.4 is 0 Å². The van der Waals surface area contributed by atoms with E-state index in [2.05, 4.69) is 15.9 Å². The maximum absolute atomic E-state index is 12.3. The summed E-state index contributed by atoms with van der Waals surface area (Å²) in [4.78, 5) is 0. The highest BCUT2D eigenvalue weighted by atomic mass is 79.9. The first kappa shape index (κ1) is 10.6. The summed E-state index contributed by atoms with van der Waals surface area (Å²) < 4.78 is 37.4. The zero-order valence-corrected chi connectivity index (χ0v) is 8.11. The summed E-state index contributed by atoms with van der Waals surface area (Å²) in [6.07, 6.45) is -4.44. The lowest BCUT2D eigenvalue weighted by molar-refractivity contribution is -0.138. The zero-order chi connectivity index (χ0) is 10.1. The molecular formula is C8H5BBrF3. The Hall–Kier alpha value is -0.445. The molecule has 0 aliphatic rings. The van der Waals surface area contributed by atoms with Gasteiger partial charge >= 0.3 is 6.18 Å². The van der Waals surface area contributed by atoms with Crippen LogP contribution in [0.2, 0.25) is 0 Å². The van der Waals surface area contributed by atoms with Crippen molar-refractivity contribution < 1.29 is 13.2 Å². The number of hydrogen-bond donors (Lipinski definition) is 0. The predicted octanol–water partition coefficient (Wildman–Crippen LogP) is 3.14. The molecule has 0 saturated carbocycles. The molecule has 0 saturated heterocycles. The summed E-state index contributed by atoms with van der Waals surface area (Å²) in [6, 6.07) is 3.94. The lowest BCUT2D eigenvalue weighted by Gasteiger charge is -2.11. The second-order valence-corrected chi connectivity index (χ2v) is 3.42. The molecule has 1 aromatic carbocycles. The van der Waals surface area contributed by atoms with Crippen LogP contribution in [0, 0.1) is 0 Å². The van der Waals surface area contributed by atoms with Crippen LogP contribution >= 0.6 is 15.9 Å². The van der Waals surface area contributed by atoms with E-state index < -0.39 is 11.7 Å². The van der Waals surface area contributed by atoms with E-state index in [1.807, 2.05) is 0 Å².